The Morgan fingerprint density at radius 2 is 2.12 bits per heavy atom. The summed E-state index contributed by atoms with van der Waals surface area (Å²) in [5.41, 5.74) is -1.27. The number of methoxy groups -OCH3 is 1. The number of carbonyl (C=O) groups excluding carboxylic acids is 1. The summed E-state index contributed by atoms with van der Waals surface area (Å²) < 4.78 is 17.4. The van der Waals surface area contributed by atoms with Crippen LogP contribution in [0, 0.1) is 11.2 Å². The molecule has 0 aromatic heterocycles. The maximum absolute atomic E-state index is 13.0. The second kappa shape index (κ2) is 4.95. The first-order valence-electron chi connectivity index (χ1n) is 4.96. The number of benzene rings is 1. The number of carboxylic acid groups (broad SMARTS) is 1. The van der Waals surface area contributed by atoms with E-state index in [0.717, 1.165) is 7.11 Å². The molecule has 1 unspecified atom stereocenters. The van der Waals surface area contributed by atoms with Crippen molar-refractivity contribution in [2.45, 2.75) is 13.3 Å². The molecule has 0 fully saturated rings. The number of esters is 1. The van der Waals surface area contributed by atoms with Crippen molar-refractivity contribution in [3.63, 3.8) is 0 Å². The predicted molar refractivity (Wildman–Crippen MR) is 57.9 cm³/mol. The van der Waals surface area contributed by atoms with Crippen LogP contribution in [0.1, 0.15) is 12.5 Å². The molecule has 0 radical (unpaired) electrons. The maximum Gasteiger partial charge on any atom is 0.323 e. The summed E-state index contributed by atoms with van der Waals surface area (Å²) in [7, 11) is 1.12. The van der Waals surface area contributed by atoms with Crippen molar-refractivity contribution in [3.05, 3.63) is 35.6 Å². The molecule has 1 N–H and O–H groups in total. The Labute approximate surface area is 98.0 Å². The average Bonchev–Trinajstić information content (AvgIpc) is 2.27. The number of hydrogen-bond acceptors (Lipinski definition) is 3. The van der Waals surface area contributed by atoms with Crippen LogP contribution in [0.4, 0.5) is 4.39 Å². The summed E-state index contributed by atoms with van der Waals surface area (Å²) in [4.78, 5) is 22.6. The molecule has 0 bridgehead atoms. The summed E-state index contributed by atoms with van der Waals surface area (Å²) in [6.07, 6.45) is -0.118. The first-order valence-corrected chi connectivity index (χ1v) is 4.96. The second-order valence-electron chi connectivity index (χ2n) is 3.94. The van der Waals surface area contributed by atoms with E-state index in [1.54, 1.807) is 6.07 Å². The van der Waals surface area contributed by atoms with Gasteiger partial charge in [-0.05, 0) is 31.0 Å². The molecule has 0 heterocycles. The fraction of sp³-hybridized carbons (Fsp3) is 0.333. The van der Waals surface area contributed by atoms with Crippen LogP contribution < -0.4 is 0 Å². The van der Waals surface area contributed by atoms with Gasteiger partial charge >= 0.3 is 11.9 Å². The van der Waals surface area contributed by atoms with Gasteiger partial charge in [-0.15, -0.1) is 0 Å². The van der Waals surface area contributed by atoms with Crippen LogP contribution in [0.15, 0.2) is 24.3 Å². The van der Waals surface area contributed by atoms with Crippen LogP contribution in [0.2, 0.25) is 0 Å². The highest BCUT2D eigenvalue weighted by Gasteiger charge is 2.42. The molecule has 1 aromatic carbocycles. The lowest BCUT2D eigenvalue weighted by molar-refractivity contribution is -0.165. The largest absolute Gasteiger partial charge is 0.480 e. The zero-order valence-corrected chi connectivity index (χ0v) is 9.57. The number of halogens is 1. The molecule has 0 spiro atoms. The van der Waals surface area contributed by atoms with E-state index in [9.17, 15) is 14.0 Å². The molecule has 1 rings (SSSR count). The molecule has 0 aliphatic rings. The van der Waals surface area contributed by atoms with E-state index in [0.29, 0.717) is 5.56 Å². The quantitative estimate of drug-likeness (QED) is 0.641. The number of ether oxygens (including phenoxy) is 1. The van der Waals surface area contributed by atoms with Gasteiger partial charge in [0.05, 0.1) is 7.11 Å². The normalized spacial score (nSPS) is 13.8. The number of hydrogen-bond donors (Lipinski definition) is 1. The highest BCUT2D eigenvalue weighted by molar-refractivity contribution is 5.98. The molecule has 1 atom stereocenters. The third-order valence-electron chi connectivity index (χ3n) is 2.55. The Kier molecular flexibility index (Phi) is 3.83. The summed E-state index contributed by atoms with van der Waals surface area (Å²) in [5.74, 6) is -2.62. The van der Waals surface area contributed by atoms with E-state index in [1.165, 1.54) is 25.1 Å². The van der Waals surface area contributed by atoms with E-state index in [4.69, 9.17) is 5.11 Å². The Hall–Kier alpha value is -1.91. The van der Waals surface area contributed by atoms with Crippen LogP contribution in [-0.2, 0) is 20.7 Å². The first kappa shape index (κ1) is 13.2. The van der Waals surface area contributed by atoms with Crippen molar-refractivity contribution in [2.24, 2.45) is 5.41 Å². The van der Waals surface area contributed by atoms with Crippen LogP contribution in [0.25, 0.3) is 0 Å². The van der Waals surface area contributed by atoms with Gasteiger partial charge in [0.25, 0.3) is 0 Å². The lowest BCUT2D eigenvalue weighted by Crippen LogP contribution is -2.39. The van der Waals surface area contributed by atoms with Gasteiger partial charge in [-0.3, -0.25) is 9.59 Å². The van der Waals surface area contributed by atoms with Gasteiger partial charge in [0.2, 0.25) is 0 Å². The Morgan fingerprint density at radius 1 is 1.47 bits per heavy atom. The van der Waals surface area contributed by atoms with Crippen LogP contribution >= 0.6 is 0 Å². The van der Waals surface area contributed by atoms with E-state index >= 15 is 0 Å². The number of carboxylic acids is 1. The van der Waals surface area contributed by atoms with Gasteiger partial charge < -0.3 is 9.84 Å². The van der Waals surface area contributed by atoms with Crippen molar-refractivity contribution in [1.29, 1.82) is 0 Å². The van der Waals surface area contributed by atoms with Crippen LogP contribution in [-0.4, -0.2) is 24.2 Å². The van der Waals surface area contributed by atoms with Gasteiger partial charge in [-0.25, -0.2) is 4.39 Å². The lowest BCUT2D eigenvalue weighted by atomic mass is 9.83. The third kappa shape index (κ3) is 2.81. The topological polar surface area (TPSA) is 63.6 Å². The molecule has 1 aromatic rings. The minimum Gasteiger partial charge on any atom is -0.480 e. The van der Waals surface area contributed by atoms with Crippen LogP contribution in [0.3, 0.4) is 0 Å². The molecular formula is C12H13FO4. The summed E-state index contributed by atoms with van der Waals surface area (Å²) in [6.45, 7) is 1.26. The van der Waals surface area contributed by atoms with Crippen molar-refractivity contribution in [1.82, 2.24) is 0 Å². The monoisotopic (exact) mass is 240 g/mol. The molecule has 5 heteroatoms. The fourth-order valence-electron chi connectivity index (χ4n) is 1.52. The smallest absolute Gasteiger partial charge is 0.323 e. The van der Waals surface area contributed by atoms with E-state index in [1.807, 2.05) is 0 Å². The molecule has 92 valence electrons. The fourth-order valence-corrected chi connectivity index (χ4v) is 1.52. The van der Waals surface area contributed by atoms with Crippen molar-refractivity contribution in [3.8, 4) is 0 Å². The van der Waals surface area contributed by atoms with Crippen molar-refractivity contribution >= 4 is 11.9 Å². The van der Waals surface area contributed by atoms with Gasteiger partial charge in [0, 0.05) is 0 Å². The minimum atomic E-state index is -1.71. The van der Waals surface area contributed by atoms with E-state index < -0.39 is 23.2 Å². The highest BCUT2D eigenvalue weighted by Crippen LogP contribution is 2.25. The van der Waals surface area contributed by atoms with E-state index in [2.05, 4.69) is 4.74 Å². The zero-order valence-electron chi connectivity index (χ0n) is 9.57. The second-order valence-corrected chi connectivity index (χ2v) is 3.94. The van der Waals surface area contributed by atoms with Crippen LogP contribution in [0.5, 0.6) is 0 Å². The average molecular weight is 240 g/mol. The SMILES string of the molecule is COC(=O)C(C)(Cc1cccc(F)c1)C(=O)O. The number of carbonyl (C=O) groups is 2. The molecule has 0 saturated heterocycles. The van der Waals surface area contributed by atoms with Gasteiger partial charge in [0.1, 0.15) is 5.82 Å². The summed E-state index contributed by atoms with van der Waals surface area (Å²) >= 11 is 0. The number of rotatable bonds is 4. The third-order valence-corrected chi connectivity index (χ3v) is 2.55. The molecule has 0 aliphatic heterocycles. The highest BCUT2D eigenvalue weighted by atomic mass is 19.1. The lowest BCUT2D eigenvalue weighted by Gasteiger charge is -2.21. The van der Waals surface area contributed by atoms with Gasteiger partial charge in [0.15, 0.2) is 5.41 Å². The van der Waals surface area contributed by atoms with E-state index in [-0.39, 0.29) is 6.42 Å². The molecule has 4 nitrogen and oxygen atoms in total. The maximum atomic E-state index is 13.0. The standard InChI is InChI=1S/C12H13FO4/c1-12(10(14)15,11(16)17-2)7-8-4-3-5-9(13)6-8/h3-6H,7H2,1-2H3,(H,14,15). The Balaban J connectivity index is 3.03. The molecule has 0 aliphatic carbocycles. The van der Waals surface area contributed by atoms with Gasteiger partial charge in [-0.1, -0.05) is 12.1 Å². The molecular weight excluding hydrogens is 227 g/mol. The predicted octanol–water partition coefficient (Wildman–Crippen LogP) is 1.63. The Morgan fingerprint density at radius 3 is 2.59 bits per heavy atom. The zero-order chi connectivity index (χ0) is 13.1. The summed E-state index contributed by atoms with van der Waals surface area (Å²) in [6, 6.07) is 5.47. The summed E-state index contributed by atoms with van der Waals surface area (Å²) in [5, 5.41) is 9.07. The molecule has 0 amide bonds. The molecule has 17 heavy (non-hydrogen) atoms. The Bertz CT molecular complexity index is 444. The van der Waals surface area contributed by atoms with Crippen molar-refractivity contribution < 1.29 is 23.8 Å². The number of aliphatic carboxylic acids is 1. The van der Waals surface area contributed by atoms with Gasteiger partial charge in [-0.2, -0.15) is 0 Å². The van der Waals surface area contributed by atoms with Crippen molar-refractivity contribution in [2.75, 3.05) is 7.11 Å². The minimum absolute atomic E-state index is 0.118. The first-order chi connectivity index (χ1) is 7.90. The molecule has 0 saturated carbocycles.